The minimum Gasteiger partial charge on any atom is -0.376 e. The van der Waals surface area contributed by atoms with Gasteiger partial charge in [0.1, 0.15) is 0 Å². The van der Waals surface area contributed by atoms with Crippen LogP contribution >= 0.6 is 0 Å². The van der Waals surface area contributed by atoms with Crippen LogP contribution in [0.15, 0.2) is 30.3 Å². The van der Waals surface area contributed by atoms with E-state index >= 15 is 0 Å². The van der Waals surface area contributed by atoms with E-state index in [1.165, 1.54) is 102 Å². The molecule has 1 unspecified atom stereocenters. The second kappa shape index (κ2) is 18.5. The molecule has 0 fully saturated rings. The monoisotopic (exact) mass is 374 g/mol. The quantitative estimate of drug-likeness (QED) is 0.220. The van der Waals surface area contributed by atoms with Crippen LogP contribution < -0.4 is 0 Å². The lowest BCUT2D eigenvalue weighted by molar-refractivity contribution is 0.0818. The molecule has 0 aliphatic carbocycles. The van der Waals surface area contributed by atoms with Crippen LogP contribution in [-0.4, -0.2) is 6.61 Å². The highest BCUT2D eigenvalue weighted by molar-refractivity contribution is 5.13. The lowest BCUT2D eigenvalue weighted by Crippen LogP contribution is -2.09. The average Bonchev–Trinajstić information content (AvgIpc) is 2.71. The lowest BCUT2D eigenvalue weighted by atomic mass is 9.98. The largest absolute Gasteiger partial charge is 0.376 e. The van der Waals surface area contributed by atoms with Gasteiger partial charge in [0.05, 0.1) is 6.61 Å². The van der Waals surface area contributed by atoms with Crippen molar-refractivity contribution in [3.8, 4) is 0 Å². The molecule has 0 aliphatic rings. The molecule has 0 aromatic heterocycles. The van der Waals surface area contributed by atoms with E-state index in [0.717, 1.165) is 19.1 Å². The van der Waals surface area contributed by atoms with E-state index < -0.39 is 0 Å². The summed E-state index contributed by atoms with van der Waals surface area (Å²) in [6, 6.07) is 10.5. The Kier molecular flexibility index (Phi) is 16.6. The average molecular weight is 375 g/mol. The normalized spacial score (nSPS) is 12.4. The van der Waals surface area contributed by atoms with Gasteiger partial charge in [-0.05, 0) is 17.9 Å². The summed E-state index contributed by atoms with van der Waals surface area (Å²) < 4.78 is 5.94. The first kappa shape index (κ1) is 24.2. The molecule has 1 atom stereocenters. The maximum Gasteiger partial charge on any atom is 0.0717 e. The minimum absolute atomic E-state index is 0.737. The van der Waals surface area contributed by atoms with Crippen LogP contribution in [0.3, 0.4) is 0 Å². The Balaban J connectivity index is 1.85. The number of benzene rings is 1. The Morgan fingerprint density at radius 3 is 1.70 bits per heavy atom. The zero-order chi connectivity index (χ0) is 19.4. The Morgan fingerprint density at radius 1 is 0.667 bits per heavy atom. The molecule has 0 amide bonds. The van der Waals surface area contributed by atoms with E-state index in [2.05, 4.69) is 44.2 Å². The summed E-state index contributed by atoms with van der Waals surface area (Å²) in [5.74, 6) is 0.737. The first-order chi connectivity index (χ1) is 13.4. The fourth-order valence-electron chi connectivity index (χ4n) is 3.77. The number of unbranched alkanes of at least 4 members (excludes halogenated alkanes) is 12. The summed E-state index contributed by atoms with van der Waals surface area (Å²) in [5.41, 5.74) is 1.29. The number of hydrogen-bond donors (Lipinski definition) is 0. The molecule has 1 rings (SSSR count). The van der Waals surface area contributed by atoms with Crippen LogP contribution in [0.1, 0.15) is 116 Å². The van der Waals surface area contributed by atoms with E-state index in [0.29, 0.717) is 0 Å². The van der Waals surface area contributed by atoms with Crippen LogP contribution in [0, 0.1) is 5.92 Å². The zero-order valence-corrected chi connectivity index (χ0v) is 18.4. The van der Waals surface area contributed by atoms with Crippen molar-refractivity contribution in [2.45, 2.75) is 117 Å². The third-order valence-electron chi connectivity index (χ3n) is 5.76. The van der Waals surface area contributed by atoms with Gasteiger partial charge in [-0.2, -0.15) is 0 Å². The van der Waals surface area contributed by atoms with Crippen LogP contribution in [0.4, 0.5) is 0 Å². The summed E-state index contributed by atoms with van der Waals surface area (Å²) >= 11 is 0. The number of ether oxygens (including phenoxy) is 1. The van der Waals surface area contributed by atoms with E-state index in [-0.39, 0.29) is 0 Å². The molecular formula is C26H46O. The standard InChI is InChI=1S/C26H46O/c1-3-5-6-7-8-9-10-11-12-13-14-15-17-20-25(4-2)23-27-24-26-21-18-16-19-22-26/h16,18-19,21-22,25H,3-15,17,20,23-24H2,1-2H3. The van der Waals surface area contributed by atoms with Gasteiger partial charge in [-0.1, -0.05) is 134 Å². The van der Waals surface area contributed by atoms with Gasteiger partial charge in [0.15, 0.2) is 0 Å². The van der Waals surface area contributed by atoms with Crippen molar-refractivity contribution in [3.63, 3.8) is 0 Å². The molecule has 1 aromatic rings. The Hall–Kier alpha value is -0.820. The molecule has 0 N–H and O–H groups in total. The highest BCUT2D eigenvalue weighted by Crippen LogP contribution is 2.17. The van der Waals surface area contributed by atoms with Gasteiger partial charge >= 0.3 is 0 Å². The SMILES string of the molecule is CCCCCCCCCCCCCCCC(CC)COCc1ccccc1. The molecule has 0 bridgehead atoms. The minimum atomic E-state index is 0.737. The summed E-state index contributed by atoms with van der Waals surface area (Å²) in [4.78, 5) is 0. The van der Waals surface area contributed by atoms with Gasteiger partial charge in [-0.3, -0.25) is 0 Å². The van der Waals surface area contributed by atoms with Gasteiger partial charge in [0.2, 0.25) is 0 Å². The van der Waals surface area contributed by atoms with Crippen molar-refractivity contribution in [2.24, 2.45) is 5.92 Å². The Morgan fingerprint density at radius 2 is 1.19 bits per heavy atom. The number of rotatable bonds is 19. The summed E-state index contributed by atoms with van der Waals surface area (Å²) in [7, 11) is 0. The number of hydrogen-bond acceptors (Lipinski definition) is 1. The second-order valence-electron chi connectivity index (χ2n) is 8.31. The van der Waals surface area contributed by atoms with Crippen molar-refractivity contribution >= 4 is 0 Å². The smallest absolute Gasteiger partial charge is 0.0717 e. The summed E-state index contributed by atoms with van der Waals surface area (Å²) in [5, 5.41) is 0. The molecule has 0 saturated carbocycles. The van der Waals surface area contributed by atoms with Crippen LogP contribution in [0.2, 0.25) is 0 Å². The van der Waals surface area contributed by atoms with Crippen molar-refractivity contribution in [1.29, 1.82) is 0 Å². The van der Waals surface area contributed by atoms with Crippen molar-refractivity contribution < 1.29 is 4.74 Å². The molecule has 0 radical (unpaired) electrons. The summed E-state index contributed by atoms with van der Waals surface area (Å²) in [6.07, 6.45) is 21.2. The third-order valence-corrected chi connectivity index (χ3v) is 5.76. The third kappa shape index (κ3) is 14.9. The molecule has 156 valence electrons. The summed E-state index contributed by atoms with van der Waals surface area (Å²) in [6.45, 7) is 6.28. The van der Waals surface area contributed by atoms with E-state index in [9.17, 15) is 0 Å². The topological polar surface area (TPSA) is 9.23 Å². The van der Waals surface area contributed by atoms with Gasteiger partial charge in [0.25, 0.3) is 0 Å². The Labute approximate surface area is 170 Å². The van der Waals surface area contributed by atoms with Crippen molar-refractivity contribution in [3.05, 3.63) is 35.9 Å². The zero-order valence-electron chi connectivity index (χ0n) is 18.4. The molecule has 0 aliphatic heterocycles. The lowest BCUT2D eigenvalue weighted by Gasteiger charge is -2.15. The molecule has 0 heterocycles. The molecular weight excluding hydrogens is 328 g/mol. The van der Waals surface area contributed by atoms with Gasteiger partial charge in [-0.25, -0.2) is 0 Å². The van der Waals surface area contributed by atoms with Crippen LogP contribution in [-0.2, 0) is 11.3 Å². The molecule has 0 spiro atoms. The van der Waals surface area contributed by atoms with Gasteiger partial charge in [0, 0.05) is 6.61 Å². The molecule has 1 heteroatoms. The fraction of sp³-hybridized carbons (Fsp3) is 0.769. The predicted molar refractivity (Wildman–Crippen MR) is 120 cm³/mol. The van der Waals surface area contributed by atoms with Gasteiger partial charge in [-0.15, -0.1) is 0 Å². The highest BCUT2D eigenvalue weighted by Gasteiger charge is 2.06. The van der Waals surface area contributed by atoms with E-state index in [1.54, 1.807) is 0 Å². The first-order valence-electron chi connectivity index (χ1n) is 12.0. The molecule has 27 heavy (non-hydrogen) atoms. The maximum absolute atomic E-state index is 5.94. The van der Waals surface area contributed by atoms with E-state index in [4.69, 9.17) is 4.74 Å². The first-order valence-corrected chi connectivity index (χ1v) is 12.0. The second-order valence-corrected chi connectivity index (χ2v) is 8.31. The highest BCUT2D eigenvalue weighted by atomic mass is 16.5. The van der Waals surface area contributed by atoms with E-state index in [1.807, 2.05) is 0 Å². The van der Waals surface area contributed by atoms with Crippen LogP contribution in [0.25, 0.3) is 0 Å². The molecule has 1 aromatic carbocycles. The van der Waals surface area contributed by atoms with Gasteiger partial charge < -0.3 is 4.74 Å². The predicted octanol–water partition coefficient (Wildman–Crippen LogP) is 8.71. The molecule has 0 saturated heterocycles. The molecule has 1 nitrogen and oxygen atoms in total. The maximum atomic E-state index is 5.94. The van der Waals surface area contributed by atoms with Crippen LogP contribution in [0.5, 0.6) is 0 Å². The fourth-order valence-corrected chi connectivity index (χ4v) is 3.77. The van der Waals surface area contributed by atoms with Crippen molar-refractivity contribution in [2.75, 3.05) is 6.61 Å². The Bertz CT molecular complexity index is 400. The van der Waals surface area contributed by atoms with Crippen molar-refractivity contribution in [1.82, 2.24) is 0 Å².